The number of benzene rings is 2. The van der Waals surface area contributed by atoms with E-state index in [0.29, 0.717) is 5.02 Å². The third-order valence-corrected chi connectivity index (χ3v) is 6.59. The van der Waals surface area contributed by atoms with E-state index < -0.39 is 18.9 Å². The standard InChI is InChI=1S/C12H9AsCl2N2O2/c14-10-3-5-11(6-4-10)16-13(15)9-1-7-12(8-2-9)17(18)19/h1-8,16H. The normalized spacial score (nSPS) is 11.9. The Labute approximate surface area is 124 Å². The number of nitrogens with one attached hydrogen (secondary N) is 1. The van der Waals surface area contributed by atoms with E-state index in [2.05, 4.69) is 4.23 Å². The second-order valence-corrected chi connectivity index (χ2v) is 8.60. The first-order valence-corrected chi connectivity index (χ1v) is 10.0. The van der Waals surface area contributed by atoms with E-state index >= 15 is 0 Å². The number of nitro groups is 1. The van der Waals surface area contributed by atoms with Crippen LogP contribution in [0, 0.1) is 10.1 Å². The van der Waals surface area contributed by atoms with E-state index in [1.807, 2.05) is 12.1 Å². The summed E-state index contributed by atoms with van der Waals surface area (Å²) in [5.41, 5.74) is 0.951. The first-order chi connectivity index (χ1) is 9.06. The molecule has 1 atom stereocenters. The number of non-ortho nitro benzene ring substituents is 1. The van der Waals surface area contributed by atoms with Crippen LogP contribution < -0.4 is 8.58 Å². The molecule has 0 saturated heterocycles. The van der Waals surface area contributed by atoms with Gasteiger partial charge in [0.2, 0.25) is 0 Å². The zero-order chi connectivity index (χ0) is 13.8. The quantitative estimate of drug-likeness (QED) is 0.518. The van der Waals surface area contributed by atoms with Crippen LogP contribution in [0.2, 0.25) is 5.02 Å². The molecular weight excluding hydrogens is 350 g/mol. The van der Waals surface area contributed by atoms with Crippen molar-refractivity contribution in [1.82, 2.24) is 0 Å². The molecule has 98 valence electrons. The number of nitrogens with zero attached hydrogens (tertiary/aromatic N) is 1. The van der Waals surface area contributed by atoms with Gasteiger partial charge in [0, 0.05) is 0 Å². The molecule has 19 heavy (non-hydrogen) atoms. The summed E-state index contributed by atoms with van der Waals surface area (Å²) < 4.78 is 4.11. The van der Waals surface area contributed by atoms with Crippen molar-refractivity contribution in [2.45, 2.75) is 0 Å². The number of nitro benzene ring substituents is 1. The van der Waals surface area contributed by atoms with Gasteiger partial charge in [0.15, 0.2) is 0 Å². The van der Waals surface area contributed by atoms with Crippen molar-refractivity contribution in [1.29, 1.82) is 0 Å². The van der Waals surface area contributed by atoms with E-state index in [-0.39, 0.29) is 5.69 Å². The molecule has 1 N–H and O–H groups in total. The maximum absolute atomic E-state index is 10.6. The molecule has 0 amide bonds. The molecule has 0 fully saturated rings. The van der Waals surface area contributed by atoms with Crippen LogP contribution in [-0.4, -0.2) is 18.9 Å². The Balaban J connectivity index is 2.09. The zero-order valence-electron chi connectivity index (χ0n) is 9.59. The summed E-state index contributed by atoms with van der Waals surface area (Å²) in [6.45, 7) is 0. The van der Waals surface area contributed by atoms with Gasteiger partial charge in [0.25, 0.3) is 0 Å². The zero-order valence-corrected chi connectivity index (χ0v) is 13.0. The third kappa shape index (κ3) is 3.87. The predicted molar refractivity (Wildman–Crippen MR) is 79.4 cm³/mol. The van der Waals surface area contributed by atoms with Gasteiger partial charge >= 0.3 is 124 Å². The molecule has 4 nitrogen and oxygen atoms in total. The predicted octanol–water partition coefficient (Wildman–Crippen LogP) is 3.29. The molecule has 2 aromatic carbocycles. The second-order valence-electron chi connectivity index (χ2n) is 3.67. The number of rotatable bonds is 4. The summed E-state index contributed by atoms with van der Waals surface area (Å²) in [4.78, 5) is 10.1. The average Bonchev–Trinajstić information content (AvgIpc) is 2.41. The molecule has 2 rings (SSSR count). The summed E-state index contributed by atoms with van der Waals surface area (Å²) in [5.74, 6) is 0. The fourth-order valence-electron chi connectivity index (χ4n) is 1.41. The molecule has 0 bridgehead atoms. The number of anilines is 1. The first-order valence-electron chi connectivity index (χ1n) is 5.29. The topological polar surface area (TPSA) is 55.2 Å². The van der Waals surface area contributed by atoms with Crippen LogP contribution >= 0.6 is 21.6 Å². The van der Waals surface area contributed by atoms with Gasteiger partial charge in [-0.1, -0.05) is 0 Å². The molecule has 0 aliphatic rings. The monoisotopic (exact) mass is 358 g/mol. The molecular formula is C12H9AsCl2N2O2. The fourth-order valence-corrected chi connectivity index (χ4v) is 4.55. The van der Waals surface area contributed by atoms with Crippen molar-refractivity contribution < 1.29 is 4.92 Å². The summed E-state index contributed by atoms with van der Waals surface area (Å²) in [6.07, 6.45) is 0. The van der Waals surface area contributed by atoms with Gasteiger partial charge in [-0.15, -0.1) is 0 Å². The van der Waals surface area contributed by atoms with E-state index in [4.69, 9.17) is 21.6 Å². The third-order valence-electron chi connectivity index (χ3n) is 2.36. The van der Waals surface area contributed by atoms with Gasteiger partial charge in [-0.2, -0.15) is 0 Å². The van der Waals surface area contributed by atoms with Crippen LogP contribution in [-0.2, 0) is 0 Å². The molecule has 0 aliphatic carbocycles. The van der Waals surface area contributed by atoms with Crippen LogP contribution in [0.25, 0.3) is 0 Å². The van der Waals surface area contributed by atoms with Crippen LogP contribution in [0.3, 0.4) is 0 Å². The summed E-state index contributed by atoms with van der Waals surface area (Å²) in [5, 5.41) is 11.2. The molecule has 0 saturated carbocycles. The van der Waals surface area contributed by atoms with E-state index in [1.54, 1.807) is 24.3 Å². The van der Waals surface area contributed by atoms with Crippen molar-refractivity contribution in [3.63, 3.8) is 0 Å². The molecule has 0 aromatic heterocycles. The van der Waals surface area contributed by atoms with Gasteiger partial charge in [-0.05, 0) is 0 Å². The molecule has 0 spiro atoms. The van der Waals surface area contributed by atoms with Crippen LogP contribution in [0.1, 0.15) is 0 Å². The summed E-state index contributed by atoms with van der Waals surface area (Å²) >= 11 is 3.83. The van der Waals surface area contributed by atoms with Crippen molar-refractivity contribution in [2.75, 3.05) is 4.23 Å². The van der Waals surface area contributed by atoms with Gasteiger partial charge < -0.3 is 0 Å². The Bertz CT molecular complexity index is 575. The average molecular weight is 359 g/mol. The van der Waals surface area contributed by atoms with Crippen molar-refractivity contribution in [3.05, 3.63) is 63.7 Å². The van der Waals surface area contributed by atoms with Gasteiger partial charge in [-0.3, -0.25) is 0 Å². The second kappa shape index (κ2) is 6.29. The van der Waals surface area contributed by atoms with Gasteiger partial charge in [-0.25, -0.2) is 0 Å². The van der Waals surface area contributed by atoms with Crippen molar-refractivity contribution in [3.8, 4) is 0 Å². The molecule has 0 aliphatic heterocycles. The molecule has 1 unspecified atom stereocenters. The van der Waals surface area contributed by atoms with Crippen molar-refractivity contribution >= 4 is 51.2 Å². The first kappa shape index (κ1) is 14.2. The summed E-state index contributed by atoms with van der Waals surface area (Å²) in [6, 6.07) is 13.5. The number of hydrogen-bond donors (Lipinski definition) is 1. The minimum atomic E-state index is -1.97. The van der Waals surface area contributed by atoms with Crippen LogP contribution in [0.5, 0.6) is 0 Å². The van der Waals surface area contributed by atoms with E-state index in [1.165, 1.54) is 12.1 Å². The van der Waals surface area contributed by atoms with Crippen molar-refractivity contribution in [2.24, 2.45) is 0 Å². The fraction of sp³-hybridized carbons (Fsp3) is 0. The van der Waals surface area contributed by atoms with Crippen LogP contribution in [0.4, 0.5) is 11.4 Å². The Morgan fingerprint density at radius 2 is 1.63 bits per heavy atom. The Morgan fingerprint density at radius 1 is 1.05 bits per heavy atom. The van der Waals surface area contributed by atoms with Gasteiger partial charge in [0.05, 0.1) is 0 Å². The maximum atomic E-state index is 10.6. The number of hydrogen-bond acceptors (Lipinski definition) is 3. The van der Waals surface area contributed by atoms with Crippen LogP contribution in [0.15, 0.2) is 48.5 Å². The molecule has 0 heterocycles. The van der Waals surface area contributed by atoms with Gasteiger partial charge in [0.1, 0.15) is 0 Å². The molecule has 2 aromatic rings. The SMILES string of the molecule is O=[N+]([O-])c1ccc([As](Cl)Nc2ccc(Cl)cc2)cc1. The van der Waals surface area contributed by atoms with E-state index in [0.717, 1.165) is 10.0 Å². The Morgan fingerprint density at radius 3 is 2.16 bits per heavy atom. The Kier molecular flexibility index (Phi) is 4.70. The Hall–Kier alpha value is -1.22. The molecule has 0 radical (unpaired) electrons. The summed E-state index contributed by atoms with van der Waals surface area (Å²) in [7, 11) is 6.34. The van der Waals surface area contributed by atoms with E-state index in [9.17, 15) is 10.1 Å². The molecule has 7 heteroatoms. The number of halogens is 2. The minimum absolute atomic E-state index is 0.0642.